The van der Waals surface area contributed by atoms with Crippen molar-refractivity contribution < 1.29 is 72.1 Å². The summed E-state index contributed by atoms with van der Waals surface area (Å²) in [6.07, 6.45) is 6.02. The van der Waals surface area contributed by atoms with Gasteiger partial charge < -0.3 is 67.7 Å². The Bertz CT molecular complexity index is 2920. The highest BCUT2D eigenvalue weighted by Crippen LogP contribution is 2.33. The molecule has 5 heterocycles. The molecule has 504 valence electrons. The number of amides is 8. The van der Waals surface area contributed by atoms with Crippen LogP contribution in [-0.4, -0.2) is 183 Å². The molecule has 2 fully saturated rings. The maximum Gasteiger partial charge on any atom is 0.315 e. The Morgan fingerprint density at radius 3 is 2.05 bits per heavy atom. The van der Waals surface area contributed by atoms with E-state index in [1.807, 2.05) is 49.9 Å². The fraction of sp³-hybridized carbons (Fsp3) is 0.667. The van der Waals surface area contributed by atoms with Gasteiger partial charge in [-0.15, -0.1) is 5.10 Å². The lowest BCUT2D eigenvalue weighted by Crippen LogP contribution is -2.56. The average Bonchev–Trinajstić information content (AvgIpc) is 2.44. The van der Waals surface area contributed by atoms with Crippen LogP contribution >= 0.6 is 11.8 Å². The summed E-state index contributed by atoms with van der Waals surface area (Å²) in [7, 11) is 0. The molecule has 8 amide bonds. The number of primary amides is 2. The molecule has 3 aromatic rings. The fourth-order valence-corrected chi connectivity index (χ4v) is 12.8. The van der Waals surface area contributed by atoms with Crippen LogP contribution in [0.4, 0.5) is 4.79 Å². The maximum absolute atomic E-state index is 14.7. The zero-order chi connectivity index (χ0) is 66.6. The number of fused-ring (bicyclic) bond motifs is 4. The molecule has 6 rings (SSSR count). The molecule has 0 unspecified atom stereocenters. The van der Waals surface area contributed by atoms with Crippen molar-refractivity contribution in [3.05, 3.63) is 47.9 Å². The second-order valence-electron chi connectivity index (χ2n) is 24.0. The molecule has 2 aromatic heterocycles. The van der Waals surface area contributed by atoms with Gasteiger partial charge in [-0.05, 0) is 62.0 Å². The predicted octanol–water partition coefficient (Wildman–Crippen LogP) is 2.21. The summed E-state index contributed by atoms with van der Waals surface area (Å²) in [6.45, 7) is 10.7. The van der Waals surface area contributed by atoms with E-state index >= 15 is 0 Å². The van der Waals surface area contributed by atoms with Gasteiger partial charge in [0.05, 0.1) is 80.6 Å². The van der Waals surface area contributed by atoms with Gasteiger partial charge in [0.15, 0.2) is 17.3 Å². The first-order valence-corrected chi connectivity index (χ1v) is 33.0. The van der Waals surface area contributed by atoms with E-state index in [4.69, 9.17) is 25.7 Å². The van der Waals surface area contributed by atoms with Gasteiger partial charge in [0.1, 0.15) is 24.5 Å². The number of rotatable bonds is 27. The van der Waals surface area contributed by atoms with E-state index in [2.05, 4.69) is 47.2 Å². The largest absolute Gasteiger partial charge is 0.396 e. The second kappa shape index (κ2) is 38.6. The third-order valence-electron chi connectivity index (χ3n) is 16.2. The summed E-state index contributed by atoms with van der Waals surface area (Å²) in [5, 5.41) is 37.0. The Kier molecular flexibility index (Phi) is 31.7. The minimum absolute atomic E-state index is 0.0439. The average molecular weight is 1290 g/mol. The van der Waals surface area contributed by atoms with E-state index in [-0.39, 0.29) is 89.2 Å². The minimum Gasteiger partial charge on any atom is -0.396 e. The number of nitrogens with two attached hydrogens (primary N) is 2. The van der Waals surface area contributed by atoms with Crippen molar-refractivity contribution in [3.63, 3.8) is 0 Å². The minimum atomic E-state index is -1.44. The zero-order valence-corrected chi connectivity index (χ0v) is 54.2. The summed E-state index contributed by atoms with van der Waals surface area (Å²) >= 11 is 1.86. The zero-order valence-electron chi connectivity index (χ0n) is 53.4. The number of thioether (sulfide) groups is 1. The molecular formula is C63H96N12O15S. The van der Waals surface area contributed by atoms with Crippen molar-refractivity contribution in [2.24, 2.45) is 41.1 Å². The SMILES string of the molecule is CC.CC(C)[C@H]1NC(=O)[C@@H](CO)CC(=O)[C@@H](Cc2c[nH]c3ccccc23)NC(=O)[C@@H](CC(=O)COCCOCCOCCCC(=O)CCCC[C@H]2SC[C@H]3NC(=O)N[C@H]32)Cc2cn(nn2)CCCC[C@@H](C(N)=O)NC(=O)[C@@H](C(C)C)NC(=O)[C@@H](CC(N)=O)CC1=O. The summed E-state index contributed by atoms with van der Waals surface area (Å²) in [5.74, 6) is -10.8. The van der Waals surface area contributed by atoms with E-state index in [0.717, 1.165) is 35.9 Å². The molecule has 0 spiro atoms. The number of urea groups is 1. The van der Waals surface area contributed by atoms with Crippen molar-refractivity contribution in [2.75, 3.05) is 52.0 Å². The molecule has 3 aliphatic heterocycles. The number of aliphatic hydroxyl groups is 1. The number of aromatic nitrogens is 4. The van der Waals surface area contributed by atoms with Crippen molar-refractivity contribution in [2.45, 2.75) is 186 Å². The first-order chi connectivity index (χ1) is 43.6. The lowest BCUT2D eigenvalue weighted by Gasteiger charge is -2.28. The molecule has 28 heteroatoms. The molecule has 12 N–H and O–H groups in total. The number of H-pyrrole nitrogens is 1. The smallest absolute Gasteiger partial charge is 0.315 e. The first-order valence-electron chi connectivity index (χ1n) is 31.9. The molecule has 3 aliphatic rings. The number of unbranched alkanes of at least 4 members (excludes halogenated alkanes) is 1. The highest BCUT2D eigenvalue weighted by Gasteiger charge is 2.43. The van der Waals surface area contributed by atoms with Crippen LogP contribution < -0.4 is 43.4 Å². The number of hydrogen-bond acceptors (Lipinski definition) is 18. The van der Waals surface area contributed by atoms with Crippen molar-refractivity contribution in [1.29, 1.82) is 0 Å². The van der Waals surface area contributed by atoms with Gasteiger partial charge in [-0.2, -0.15) is 11.8 Å². The summed E-state index contributed by atoms with van der Waals surface area (Å²) in [4.78, 5) is 151. The van der Waals surface area contributed by atoms with Crippen molar-refractivity contribution >= 4 is 87.3 Å². The van der Waals surface area contributed by atoms with E-state index in [1.165, 1.54) is 4.68 Å². The monoisotopic (exact) mass is 1290 g/mol. The number of aromatic amines is 1. The summed E-state index contributed by atoms with van der Waals surface area (Å²) in [5.41, 5.74) is 13.0. The molecule has 1 aromatic carbocycles. The molecule has 0 aliphatic carbocycles. The van der Waals surface area contributed by atoms with Gasteiger partial charge in [-0.1, -0.05) is 71.4 Å². The fourth-order valence-electron chi connectivity index (χ4n) is 11.2. The second-order valence-corrected chi connectivity index (χ2v) is 25.3. The normalized spacial score (nSPS) is 24.3. The number of nitrogens with zero attached hydrogens (tertiary/aromatic N) is 3. The van der Waals surface area contributed by atoms with Gasteiger partial charge in [-0.3, -0.25) is 52.6 Å². The van der Waals surface area contributed by atoms with Crippen LogP contribution in [0.2, 0.25) is 0 Å². The number of benzene rings is 1. The van der Waals surface area contributed by atoms with Crippen LogP contribution in [0, 0.1) is 29.6 Å². The Labute approximate surface area is 536 Å². The van der Waals surface area contributed by atoms with Crippen LogP contribution in [0.1, 0.15) is 136 Å². The summed E-state index contributed by atoms with van der Waals surface area (Å²) < 4.78 is 18.5. The lowest BCUT2D eigenvalue weighted by molar-refractivity contribution is -0.138. The Hall–Kier alpha value is -7.14. The number of carbonyl (C=O) groups is 11. The number of ether oxygens (including phenoxy) is 3. The van der Waals surface area contributed by atoms with Crippen LogP contribution in [0.5, 0.6) is 0 Å². The van der Waals surface area contributed by atoms with Crippen molar-refractivity contribution in [1.82, 2.24) is 51.9 Å². The molecule has 27 nitrogen and oxygen atoms in total. The molecule has 0 saturated carbocycles. The van der Waals surface area contributed by atoms with Crippen LogP contribution in [0.3, 0.4) is 0 Å². The number of Topliss-reactive ketones (excluding diaryl/α,β-unsaturated/α-hetero) is 4. The van der Waals surface area contributed by atoms with Gasteiger partial charge in [-0.25, -0.2) is 4.79 Å². The number of ketones is 4. The van der Waals surface area contributed by atoms with E-state index < -0.39 is 132 Å². The van der Waals surface area contributed by atoms with Crippen molar-refractivity contribution in [3.8, 4) is 0 Å². The topological polar surface area (TPSA) is 406 Å². The summed E-state index contributed by atoms with van der Waals surface area (Å²) in [6, 6.07) is 2.52. The number of carbonyl (C=O) groups excluding carboxylic acids is 11. The van der Waals surface area contributed by atoms with Gasteiger partial charge in [0.2, 0.25) is 35.4 Å². The van der Waals surface area contributed by atoms with Gasteiger partial charge >= 0.3 is 6.03 Å². The van der Waals surface area contributed by atoms with Gasteiger partial charge in [0.25, 0.3) is 0 Å². The van der Waals surface area contributed by atoms with Crippen LogP contribution in [-0.2, 0) is 81.5 Å². The molecule has 0 radical (unpaired) electrons. The molecule has 2 bridgehead atoms. The quantitative estimate of drug-likeness (QED) is 0.0386. The first kappa shape index (κ1) is 74.6. The van der Waals surface area contributed by atoms with E-state index in [9.17, 15) is 57.8 Å². The number of aliphatic hydroxyl groups excluding tert-OH is 1. The van der Waals surface area contributed by atoms with E-state index in [1.54, 1.807) is 40.1 Å². The third-order valence-corrected chi connectivity index (χ3v) is 17.7. The number of hydrogen-bond donors (Lipinski definition) is 10. The van der Waals surface area contributed by atoms with Crippen LogP contribution in [0.15, 0.2) is 36.7 Å². The Morgan fingerprint density at radius 2 is 1.35 bits per heavy atom. The molecule has 2 saturated heterocycles. The van der Waals surface area contributed by atoms with E-state index in [0.29, 0.717) is 55.2 Å². The molecule has 91 heavy (non-hydrogen) atoms. The lowest BCUT2D eigenvalue weighted by atomic mass is 9.88. The number of nitrogens with one attached hydrogen (secondary N) is 7. The number of para-hydroxylation sites is 1. The Balaban J connectivity index is 0.00000744. The van der Waals surface area contributed by atoms with Crippen LogP contribution in [0.25, 0.3) is 10.9 Å². The molecular weight excluding hydrogens is 1200 g/mol. The standard InChI is InChI=1S/C61H90N12O15S.C2H6/c1-35(2)53-50(78)27-38(29-52(62)79)58(82)69-54(36(3)4)60(84)65-46(56(63)80)16-9-10-18-73-31-41(71-72-73)24-37(57(81)66-47(49(77)28-40(32-74)59(83)68-53)26-39-30-64-45-15-7-6-14-44(39)45)25-43(76)33-88-23-22-87-21-20-86-19-11-13-42(75)12-5-8-17-51-55-48(34-89-51)67-61(85)70-55;1-2/h6-7,14-15,30-31,35-38,40,46-48,51,53-55,64,74H,5,8-13,16-29,32-34H2,1-4H3,(H2,62,79)(H2,63,80)(H,65,84)(H,66,81)(H,68,83)(H,69,82)(H2,67,70,85);1-2H3/t37-,38-,40-,46+,47-,48-,51-,53-,54-,55-;/m1./s1. The van der Waals surface area contributed by atoms with Gasteiger partial charge in [0, 0.05) is 98.8 Å². The molecule has 10 atom stereocenters. The Morgan fingerprint density at radius 1 is 0.703 bits per heavy atom. The third kappa shape index (κ3) is 24.4. The maximum atomic E-state index is 14.7. The highest BCUT2D eigenvalue weighted by molar-refractivity contribution is 8.00. The predicted molar refractivity (Wildman–Crippen MR) is 338 cm³/mol. The highest BCUT2D eigenvalue weighted by atomic mass is 32.2. The number of aryl methyl sites for hydroxylation is 1.